The molecule has 0 spiro atoms. The number of nitriles is 1. The molecular weight excluding hydrogens is 266 g/mol. The van der Waals surface area contributed by atoms with Crippen molar-refractivity contribution in [3.8, 4) is 6.07 Å². The van der Waals surface area contributed by atoms with Crippen molar-refractivity contribution in [1.29, 1.82) is 5.26 Å². The first-order valence-electron chi connectivity index (χ1n) is 7.51. The maximum Gasteiger partial charge on any atom is 0.235 e. The molecule has 1 amide bonds. The van der Waals surface area contributed by atoms with Crippen molar-refractivity contribution in [2.24, 2.45) is 0 Å². The zero-order valence-electron chi connectivity index (χ0n) is 12.7. The molecule has 1 aromatic rings. The molecule has 0 aromatic carbocycles. The maximum absolute atomic E-state index is 12.0. The van der Waals surface area contributed by atoms with Crippen LogP contribution < -0.4 is 10.6 Å². The van der Waals surface area contributed by atoms with Crippen molar-refractivity contribution in [3.05, 3.63) is 18.5 Å². The molecule has 0 aliphatic heterocycles. The minimum absolute atomic E-state index is 0.109. The first-order valence-corrected chi connectivity index (χ1v) is 7.51. The van der Waals surface area contributed by atoms with Crippen LogP contribution in [-0.4, -0.2) is 33.8 Å². The van der Waals surface area contributed by atoms with Gasteiger partial charge in [-0.15, -0.1) is 0 Å². The summed E-state index contributed by atoms with van der Waals surface area (Å²) in [5.74, 6) is -0.113. The Kier molecular flexibility index (Phi) is 4.97. The van der Waals surface area contributed by atoms with E-state index < -0.39 is 5.54 Å². The molecule has 1 saturated carbocycles. The first-order chi connectivity index (χ1) is 10.1. The molecule has 6 nitrogen and oxygen atoms in total. The van der Waals surface area contributed by atoms with E-state index in [1.165, 1.54) is 0 Å². The minimum Gasteiger partial charge on any atom is -0.337 e. The van der Waals surface area contributed by atoms with Crippen LogP contribution in [0.4, 0.5) is 0 Å². The van der Waals surface area contributed by atoms with Gasteiger partial charge in [-0.1, -0.05) is 0 Å². The lowest BCUT2D eigenvalue weighted by Gasteiger charge is -2.24. The Labute approximate surface area is 125 Å². The van der Waals surface area contributed by atoms with Gasteiger partial charge in [0.25, 0.3) is 0 Å². The van der Waals surface area contributed by atoms with Gasteiger partial charge in [0, 0.05) is 18.4 Å². The summed E-state index contributed by atoms with van der Waals surface area (Å²) in [6.07, 6.45) is 7.18. The SMILES string of the molecule is C[C@H](NCC(=O)NC1(C#N)CCCC1)[C@H](C)n1cccn1. The van der Waals surface area contributed by atoms with Gasteiger partial charge in [0.05, 0.1) is 18.7 Å². The van der Waals surface area contributed by atoms with Gasteiger partial charge in [-0.3, -0.25) is 9.48 Å². The number of nitrogens with zero attached hydrogens (tertiary/aromatic N) is 3. The van der Waals surface area contributed by atoms with Crippen molar-refractivity contribution in [2.75, 3.05) is 6.54 Å². The monoisotopic (exact) mass is 289 g/mol. The quantitative estimate of drug-likeness (QED) is 0.828. The topological polar surface area (TPSA) is 82.7 Å². The summed E-state index contributed by atoms with van der Waals surface area (Å²) in [5.41, 5.74) is -0.643. The molecule has 2 rings (SSSR count). The average Bonchev–Trinajstić information content (AvgIpc) is 3.15. The van der Waals surface area contributed by atoms with E-state index in [-0.39, 0.29) is 24.5 Å². The summed E-state index contributed by atoms with van der Waals surface area (Å²) in [6.45, 7) is 4.29. The Hall–Kier alpha value is -1.87. The van der Waals surface area contributed by atoms with Gasteiger partial charge in [0.2, 0.25) is 5.91 Å². The van der Waals surface area contributed by atoms with Gasteiger partial charge in [-0.05, 0) is 45.6 Å². The number of carbonyl (C=O) groups excluding carboxylic acids is 1. The highest BCUT2D eigenvalue weighted by Gasteiger charge is 2.35. The lowest BCUT2D eigenvalue weighted by Crippen LogP contribution is -2.49. The molecule has 0 radical (unpaired) electrons. The standard InChI is InChI=1S/C15H23N5O/c1-12(13(2)20-9-5-8-18-20)17-10-14(21)19-15(11-16)6-3-4-7-15/h5,8-9,12-13,17H,3-4,6-7,10H2,1-2H3,(H,19,21)/t12-,13-/m0/s1. The highest BCUT2D eigenvalue weighted by atomic mass is 16.2. The van der Waals surface area contributed by atoms with E-state index in [1.807, 2.05) is 23.9 Å². The number of aromatic nitrogens is 2. The van der Waals surface area contributed by atoms with Crippen molar-refractivity contribution in [2.45, 2.75) is 57.2 Å². The van der Waals surface area contributed by atoms with Crippen LogP contribution in [0.15, 0.2) is 18.5 Å². The lowest BCUT2D eigenvalue weighted by molar-refractivity contribution is -0.121. The number of hydrogen-bond acceptors (Lipinski definition) is 4. The summed E-state index contributed by atoms with van der Waals surface area (Å²) in [5, 5.41) is 19.6. The number of rotatable bonds is 6. The van der Waals surface area contributed by atoms with Crippen LogP contribution in [0.5, 0.6) is 0 Å². The van der Waals surface area contributed by atoms with Crippen LogP contribution in [0.3, 0.4) is 0 Å². The minimum atomic E-state index is -0.643. The molecule has 114 valence electrons. The van der Waals surface area contributed by atoms with E-state index in [9.17, 15) is 10.1 Å². The van der Waals surface area contributed by atoms with E-state index >= 15 is 0 Å². The van der Waals surface area contributed by atoms with E-state index in [1.54, 1.807) is 6.20 Å². The Balaban J connectivity index is 1.80. The fourth-order valence-corrected chi connectivity index (χ4v) is 2.73. The third-order valence-electron chi connectivity index (χ3n) is 4.30. The Morgan fingerprint density at radius 2 is 2.19 bits per heavy atom. The van der Waals surface area contributed by atoms with Gasteiger partial charge in [-0.25, -0.2) is 0 Å². The van der Waals surface area contributed by atoms with Crippen molar-refractivity contribution in [3.63, 3.8) is 0 Å². The van der Waals surface area contributed by atoms with Crippen molar-refractivity contribution >= 4 is 5.91 Å². The molecule has 0 saturated heterocycles. The molecule has 2 N–H and O–H groups in total. The van der Waals surface area contributed by atoms with Crippen molar-refractivity contribution in [1.82, 2.24) is 20.4 Å². The molecule has 2 atom stereocenters. The molecule has 1 heterocycles. The van der Waals surface area contributed by atoms with E-state index in [4.69, 9.17) is 0 Å². The van der Waals surface area contributed by atoms with E-state index in [2.05, 4.69) is 28.7 Å². The van der Waals surface area contributed by atoms with E-state index in [0.717, 1.165) is 25.7 Å². The summed E-state index contributed by atoms with van der Waals surface area (Å²) in [4.78, 5) is 12.0. The Bertz CT molecular complexity index is 499. The first kappa shape index (κ1) is 15.5. The Morgan fingerprint density at radius 1 is 1.48 bits per heavy atom. The fourth-order valence-electron chi connectivity index (χ4n) is 2.73. The summed E-state index contributed by atoms with van der Waals surface area (Å²) in [6, 6.07) is 4.41. The largest absolute Gasteiger partial charge is 0.337 e. The summed E-state index contributed by atoms with van der Waals surface area (Å²) in [7, 11) is 0. The highest BCUT2D eigenvalue weighted by molar-refractivity contribution is 5.79. The lowest BCUT2D eigenvalue weighted by atomic mass is 10.00. The van der Waals surface area contributed by atoms with E-state index in [0.29, 0.717) is 0 Å². The predicted molar refractivity (Wildman–Crippen MR) is 79.4 cm³/mol. The number of amides is 1. The molecule has 1 fully saturated rings. The molecular formula is C15H23N5O. The van der Waals surface area contributed by atoms with Crippen LogP contribution in [-0.2, 0) is 4.79 Å². The van der Waals surface area contributed by atoms with Crippen LogP contribution in [0, 0.1) is 11.3 Å². The number of nitrogens with one attached hydrogen (secondary N) is 2. The summed E-state index contributed by atoms with van der Waals surface area (Å²) >= 11 is 0. The summed E-state index contributed by atoms with van der Waals surface area (Å²) < 4.78 is 1.86. The number of carbonyl (C=O) groups is 1. The van der Waals surface area contributed by atoms with Gasteiger partial charge in [0.1, 0.15) is 5.54 Å². The molecule has 0 bridgehead atoms. The highest BCUT2D eigenvalue weighted by Crippen LogP contribution is 2.28. The molecule has 21 heavy (non-hydrogen) atoms. The fraction of sp³-hybridized carbons (Fsp3) is 0.667. The molecule has 1 aromatic heterocycles. The molecule has 0 unspecified atom stereocenters. The second kappa shape index (κ2) is 6.72. The van der Waals surface area contributed by atoms with Crippen LogP contribution in [0.1, 0.15) is 45.6 Å². The third-order valence-corrected chi connectivity index (χ3v) is 4.30. The zero-order chi connectivity index (χ0) is 15.3. The normalized spacial score (nSPS) is 19.7. The van der Waals surface area contributed by atoms with Crippen molar-refractivity contribution < 1.29 is 4.79 Å². The second-order valence-corrected chi connectivity index (χ2v) is 5.85. The second-order valence-electron chi connectivity index (χ2n) is 5.85. The van der Waals surface area contributed by atoms with Crippen LogP contribution in [0.2, 0.25) is 0 Å². The smallest absolute Gasteiger partial charge is 0.235 e. The van der Waals surface area contributed by atoms with Gasteiger partial charge < -0.3 is 10.6 Å². The molecule has 6 heteroatoms. The molecule has 1 aliphatic carbocycles. The Morgan fingerprint density at radius 3 is 2.76 bits per heavy atom. The van der Waals surface area contributed by atoms with Gasteiger partial charge in [0.15, 0.2) is 0 Å². The van der Waals surface area contributed by atoms with Crippen LogP contribution >= 0.6 is 0 Å². The predicted octanol–water partition coefficient (Wildman–Crippen LogP) is 1.37. The number of hydrogen-bond donors (Lipinski definition) is 2. The van der Waals surface area contributed by atoms with Crippen LogP contribution in [0.25, 0.3) is 0 Å². The van der Waals surface area contributed by atoms with Gasteiger partial charge >= 0.3 is 0 Å². The molecule has 1 aliphatic rings. The van der Waals surface area contributed by atoms with Gasteiger partial charge in [-0.2, -0.15) is 10.4 Å². The average molecular weight is 289 g/mol. The maximum atomic E-state index is 12.0. The third kappa shape index (κ3) is 3.82. The zero-order valence-corrected chi connectivity index (χ0v) is 12.7.